The summed E-state index contributed by atoms with van der Waals surface area (Å²) in [5, 5.41) is 9.30. The number of rotatable bonds is 4. The number of aliphatic hydroxyl groups excluding tert-OH is 1. The number of carbonyl (C=O) groups is 1. The second-order valence-corrected chi connectivity index (χ2v) is 4.77. The van der Waals surface area contributed by atoms with Crippen LogP contribution < -0.4 is 4.74 Å². The third kappa shape index (κ3) is 3.59. The number of aliphatic hydroxyl groups is 1. The minimum absolute atomic E-state index is 0.110. The van der Waals surface area contributed by atoms with Crippen LogP contribution in [0.1, 0.15) is 0 Å². The summed E-state index contributed by atoms with van der Waals surface area (Å²) in [4.78, 5) is 13.6. The van der Waals surface area contributed by atoms with Crippen LogP contribution in [0.5, 0.6) is 5.75 Å². The molecule has 0 radical (unpaired) electrons. The van der Waals surface area contributed by atoms with Crippen molar-refractivity contribution in [3.8, 4) is 5.75 Å². The van der Waals surface area contributed by atoms with Crippen LogP contribution in [0.2, 0.25) is 5.02 Å². The zero-order valence-corrected chi connectivity index (χ0v) is 11.5. The molecule has 1 fully saturated rings. The maximum atomic E-state index is 12.9. The average Bonchev–Trinajstić information content (AvgIpc) is 2.46. The molecule has 1 aliphatic rings. The van der Waals surface area contributed by atoms with Crippen LogP contribution in [0, 0.1) is 5.82 Å². The molecule has 1 aromatic rings. The Balaban J connectivity index is 1.94. The first kappa shape index (κ1) is 15.0. The molecular formula is C13H15ClFNO4. The van der Waals surface area contributed by atoms with Crippen LogP contribution in [0.15, 0.2) is 18.2 Å². The van der Waals surface area contributed by atoms with E-state index in [1.54, 1.807) is 0 Å². The van der Waals surface area contributed by atoms with Crippen LogP contribution in [0.4, 0.5) is 4.39 Å². The van der Waals surface area contributed by atoms with Crippen LogP contribution in [0.25, 0.3) is 0 Å². The fourth-order valence-corrected chi connectivity index (χ4v) is 2.17. The summed E-state index contributed by atoms with van der Waals surface area (Å²) < 4.78 is 23.4. The Morgan fingerprint density at radius 3 is 3.10 bits per heavy atom. The molecule has 1 saturated heterocycles. The van der Waals surface area contributed by atoms with Gasteiger partial charge in [-0.1, -0.05) is 11.6 Å². The van der Waals surface area contributed by atoms with Gasteiger partial charge in [-0.15, -0.1) is 0 Å². The molecule has 1 unspecified atom stereocenters. The lowest BCUT2D eigenvalue weighted by Crippen LogP contribution is -2.51. The Hall–Kier alpha value is -1.37. The van der Waals surface area contributed by atoms with E-state index in [1.807, 2.05) is 0 Å². The summed E-state index contributed by atoms with van der Waals surface area (Å²) in [5.74, 6) is -0.495. The van der Waals surface area contributed by atoms with Crippen LogP contribution in [-0.4, -0.2) is 54.9 Å². The van der Waals surface area contributed by atoms with Crippen LogP contribution in [0.3, 0.4) is 0 Å². The number of hydrogen-bond acceptors (Lipinski definition) is 4. The zero-order valence-electron chi connectivity index (χ0n) is 10.7. The summed E-state index contributed by atoms with van der Waals surface area (Å²) in [6, 6.07) is 3.33. The third-order valence-electron chi connectivity index (χ3n) is 3.00. The van der Waals surface area contributed by atoms with E-state index in [4.69, 9.17) is 21.1 Å². The fraction of sp³-hybridized carbons (Fsp3) is 0.462. The molecule has 1 aromatic carbocycles. The summed E-state index contributed by atoms with van der Waals surface area (Å²) in [6.07, 6.45) is 0. The highest BCUT2D eigenvalue weighted by molar-refractivity contribution is 6.32. The summed E-state index contributed by atoms with van der Waals surface area (Å²) >= 11 is 5.80. The van der Waals surface area contributed by atoms with Crippen molar-refractivity contribution in [2.24, 2.45) is 0 Å². The van der Waals surface area contributed by atoms with Gasteiger partial charge in [-0.2, -0.15) is 0 Å². The minimum Gasteiger partial charge on any atom is -0.482 e. The maximum Gasteiger partial charge on any atom is 0.260 e. The van der Waals surface area contributed by atoms with Crippen LogP contribution >= 0.6 is 11.6 Å². The summed E-state index contributed by atoms with van der Waals surface area (Å²) in [6.45, 7) is 0.758. The van der Waals surface area contributed by atoms with E-state index in [0.717, 1.165) is 6.07 Å². The van der Waals surface area contributed by atoms with Crippen molar-refractivity contribution < 1.29 is 23.8 Å². The van der Waals surface area contributed by atoms with Crippen molar-refractivity contribution in [3.63, 3.8) is 0 Å². The van der Waals surface area contributed by atoms with Crippen molar-refractivity contribution in [1.82, 2.24) is 4.90 Å². The highest BCUT2D eigenvalue weighted by Crippen LogP contribution is 2.24. The average molecular weight is 304 g/mol. The second kappa shape index (κ2) is 6.88. The molecular weight excluding hydrogens is 289 g/mol. The number of nitrogens with zero attached hydrogens (tertiary/aromatic N) is 1. The number of amides is 1. The van der Waals surface area contributed by atoms with E-state index in [2.05, 4.69) is 0 Å². The Morgan fingerprint density at radius 2 is 2.40 bits per heavy atom. The Morgan fingerprint density at radius 1 is 1.60 bits per heavy atom. The van der Waals surface area contributed by atoms with Crippen LogP contribution in [-0.2, 0) is 9.53 Å². The van der Waals surface area contributed by atoms with Gasteiger partial charge in [0.2, 0.25) is 0 Å². The van der Waals surface area contributed by atoms with Crippen molar-refractivity contribution in [1.29, 1.82) is 0 Å². The fourth-order valence-electron chi connectivity index (χ4n) is 1.95. The smallest absolute Gasteiger partial charge is 0.260 e. The molecule has 2 rings (SSSR count). The van der Waals surface area contributed by atoms with Gasteiger partial charge in [0.25, 0.3) is 5.91 Å². The highest BCUT2D eigenvalue weighted by Gasteiger charge is 2.26. The molecule has 7 heteroatoms. The predicted molar refractivity (Wildman–Crippen MR) is 70.3 cm³/mol. The molecule has 1 heterocycles. The Kier molecular flexibility index (Phi) is 5.17. The van der Waals surface area contributed by atoms with E-state index < -0.39 is 5.82 Å². The number of hydrogen-bond donors (Lipinski definition) is 1. The number of carbonyl (C=O) groups excluding carboxylic acids is 1. The topological polar surface area (TPSA) is 59.0 Å². The van der Waals surface area contributed by atoms with Gasteiger partial charge in [-0.05, 0) is 18.2 Å². The van der Waals surface area contributed by atoms with E-state index in [1.165, 1.54) is 17.0 Å². The lowest BCUT2D eigenvalue weighted by atomic mass is 10.2. The largest absolute Gasteiger partial charge is 0.482 e. The van der Waals surface area contributed by atoms with Gasteiger partial charge in [0.05, 0.1) is 30.9 Å². The standard InChI is InChI=1S/C13H15ClFNO4/c14-11-5-9(15)1-2-12(11)20-8-13(18)16-3-4-19-7-10(16)6-17/h1-2,5,10,17H,3-4,6-8H2. The van der Waals surface area contributed by atoms with Gasteiger partial charge >= 0.3 is 0 Å². The van der Waals surface area contributed by atoms with Gasteiger partial charge in [0.15, 0.2) is 6.61 Å². The molecule has 0 bridgehead atoms. The van der Waals surface area contributed by atoms with Crippen molar-refractivity contribution in [2.45, 2.75) is 6.04 Å². The van der Waals surface area contributed by atoms with E-state index in [-0.39, 0.29) is 35.9 Å². The van der Waals surface area contributed by atoms with Gasteiger partial charge in [-0.3, -0.25) is 4.79 Å². The summed E-state index contributed by atoms with van der Waals surface area (Å²) in [5.41, 5.74) is 0. The Bertz CT molecular complexity index is 485. The highest BCUT2D eigenvalue weighted by atomic mass is 35.5. The number of halogens is 2. The number of ether oxygens (including phenoxy) is 2. The maximum absolute atomic E-state index is 12.9. The third-order valence-corrected chi connectivity index (χ3v) is 3.30. The lowest BCUT2D eigenvalue weighted by Gasteiger charge is -2.34. The van der Waals surface area contributed by atoms with Gasteiger partial charge in [-0.25, -0.2) is 4.39 Å². The molecule has 0 aromatic heterocycles. The molecule has 0 saturated carbocycles. The Labute approximate surface area is 120 Å². The molecule has 5 nitrogen and oxygen atoms in total. The second-order valence-electron chi connectivity index (χ2n) is 4.36. The molecule has 0 aliphatic carbocycles. The number of benzene rings is 1. The molecule has 1 atom stereocenters. The SMILES string of the molecule is O=C(COc1ccc(F)cc1Cl)N1CCOCC1CO. The van der Waals surface area contributed by atoms with Crippen molar-refractivity contribution in [2.75, 3.05) is 33.0 Å². The zero-order chi connectivity index (χ0) is 14.5. The molecule has 1 N–H and O–H groups in total. The molecule has 1 amide bonds. The first-order chi connectivity index (χ1) is 9.61. The van der Waals surface area contributed by atoms with Crippen molar-refractivity contribution >= 4 is 17.5 Å². The van der Waals surface area contributed by atoms with Gasteiger partial charge in [0, 0.05) is 6.54 Å². The number of morpholine rings is 1. The van der Waals surface area contributed by atoms with E-state index in [0.29, 0.717) is 19.8 Å². The lowest BCUT2D eigenvalue weighted by molar-refractivity contribution is -0.143. The summed E-state index contributed by atoms with van der Waals surface area (Å²) in [7, 11) is 0. The molecule has 20 heavy (non-hydrogen) atoms. The first-order valence-corrected chi connectivity index (χ1v) is 6.55. The molecule has 1 aliphatic heterocycles. The van der Waals surface area contributed by atoms with E-state index >= 15 is 0 Å². The van der Waals surface area contributed by atoms with Gasteiger partial charge in [0.1, 0.15) is 11.6 Å². The van der Waals surface area contributed by atoms with Crippen molar-refractivity contribution in [3.05, 3.63) is 29.0 Å². The normalized spacial score (nSPS) is 18.9. The van der Waals surface area contributed by atoms with E-state index in [9.17, 15) is 14.3 Å². The molecule has 110 valence electrons. The first-order valence-electron chi connectivity index (χ1n) is 6.17. The molecule has 0 spiro atoms. The quantitative estimate of drug-likeness (QED) is 0.904. The minimum atomic E-state index is -0.470. The monoisotopic (exact) mass is 303 g/mol. The predicted octanol–water partition coefficient (Wildman–Crippen LogP) is 1.08. The van der Waals surface area contributed by atoms with Gasteiger partial charge < -0.3 is 19.5 Å².